The van der Waals surface area contributed by atoms with Gasteiger partial charge in [0.15, 0.2) is 6.04 Å². The number of esters is 2. The van der Waals surface area contributed by atoms with Crippen molar-refractivity contribution in [3.05, 3.63) is 113 Å². The van der Waals surface area contributed by atoms with E-state index < -0.39 is 18.0 Å². The Balaban J connectivity index is 2.09. The summed E-state index contributed by atoms with van der Waals surface area (Å²) in [4.78, 5) is 30.2. The number of benzene rings is 3. The fraction of sp³-hybridized carbons (Fsp3) is 0.179. The molecule has 0 heterocycles. The third kappa shape index (κ3) is 6.26. The van der Waals surface area contributed by atoms with E-state index in [-0.39, 0.29) is 6.42 Å². The van der Waals surface area contributed by atoms with Crippen LogP contribution in [0.4, 0.5) is 0 Å². The fourth-order valence-electron chi connectivity index (χ4n) is 3.46. The van der Waals surface area contributed by atoms with E-state index in [9.17, 15) is 9.59 Å². The largest absolute Gasteiger partial charge is 0.467 e. The molecule has 0 spiro atoms. The Morgan fingerprint density at radius 2 is 1.36 bits per heavy atom. The lowest BCUT2D eigenvalue weighted by Crippen LogP contribution is -2.25. The Hall–Kier alpha value is -3.99. The van der Waals surface area contributed by atoms with E-state index in [0.29, 0.717) is 11.3 Å². The van der Waals surface area contributed by atoms with Gasteiger partial charge in [0.2, 0.25) is 0 Å². The molecule has 0 saturated heterocycles. The molecule has 5 heteroatoms. The zero-order chi connectivity index (χ0) is 23.6. The lowest BCUT2D eigenvalue weighted by atomic mass is 9.99. The predicted octanol–water partition coefficient (Wildman–Crippen LogP) is 5.02. The minimum absolute atomic E-state index is 0.0385. The number of aliphatic imine (C=N–C) groups is 1. The molecule has 168 valence electrons. The maximum absolute atomic E-state index is 12.8. The summed E-state index contributed by atoms with van der Waals surface area (Å²) in [5.41, 5.74) is 4.58. The highest BCUT2D eigenvalue weighted by Crippen LogP contribution is 2.21. The summed E-state index contributed by atoms with van der Waals surface area (Å²) in [6.45, 7) is 1.96. The van der Waals surface area contributed by atoms with Crippen LogP contribution in [0.15, 0.2) is 95.5 Å². The van der Waals surface area contributed by atoms with Gasteiger partial charge >= 0.3 is 11.9 Å². The van der Waals surface area contributed by atoms with Crippen LogP contribution in [0.5, 0.6) is 0 Å². The molecule has 1 atom stereocenters. The molecule has 5 nitrogen and oxygen atoms in total. The van der Waals surface area contributed by atoms with Crippen LogP contribution in [-0.2, 0) is 19.1 Å². The Morgan fingerprint density at radius 1 is 0.818 bits per heavy atom. The molecule has 1 unspecified atom stereocenters. The lowest BCUT2D eigenvalue weighted by Gasteiger charge is -2.16. The number of hydrogen-bond acceptors (Lipinski definition) is 5. The van der Waals surface area contributed by atoms with E-state index in [2.05, 4.69) is 0 Å². The molecular weight excluding hydrogens is 414 g/mol. The second-order valence-electron chi connectivity index (χ2n) is 7.47. The first-order chi connectivity index (χ1) is 16.0. The van der Waals surface area contributed by atoms with Gasteiger partial charge in [0.25, 0.3) is 0 Å². The lowest BCUT2D eigenvalue weighted by molar-refractivity contribution is -0.142. The number of carbonyl (C=O) groups excluding carboxylic acids is 2. The van der Waals surface area contributed by atoms with Crippen LogP contribution in [-0.4, -0.2) is 37.9 Å². The second-order valence-corrected chi connectivity index (χ2v) is 7.47. The minimum atomic E-state index is -0.931. The zero-order valence-corrected chi connectivity index (χ0v) is 19.0. The first-order valence-electron chi connectivity index (χ1n) is 10.6. The van der Waals surface area contributed by atoms with Crippen LogP contribution < -0.4 is 0 Å². The fourth-order valence-corrected chi connectivity index (χ4v) is 3.46. The number of nitrogens with zero attached hydrogens (tertiary/aromatic N) is 1. The summed E-state index contributed by atoms with van der Waals surface area (Å²) in [7, 11) is 2.64. The Labute approximate surface area is 194 Å². The maximum Gasteiger partial charge on any atom is 0.333 e. The van der Waals surface area contributed by atoms with Crippen molar-refractivity contribution in [2.45, 2.75) is 19.4 Å². The number of aryl methyl sites for hydroxylation is 1. The van der Waals surface area contributed by atoms with Crippen molar-refractivity contribution >= 4 is 23.7 Å². The van der Waals surface area contributed by atoms with Gasteiger partial charge in [-0.1, -0.05) is 84.9 Å². The van der Waals surface area contributed by atoms with Crippen LogP contribution in [0.3, 0.4) is 0 Å². The summed E-state index contributed by atoms with van der Waals surface area (Å²) < 4.78 is 10.1. The summed E-state index contributed by atoms with van der Waals surface area (Å²) in [6, 6.07) is 26.0. The van der Waals surface area contributed by atoms with Crippen molar-refractivity contribution in [2.24, 2.45) is 4.99 Å². The third-order valence-electron chi connectivity index (χ3n) is 5.23. The molecule has 0 aliphatic rings. The number of ether oxygens (including phenoxy) is 2. The average molecular weight is 442 g/mol. The molecule has 3 aromatic carbocycles. The SMILES string of the molecule is COC(=O)/C(=C/c1ccccc1C)CC(N=C(c1ccccc1)c1ccccc1)C(=O)OC. The molecule has 0 bridgehead atoms. The van der Waals surface area contributed by atoms with Crippen LogP contribution in [0.2, 0.25) is 0 Å². The average Bonchev–Trinajstić information content (AvgIpc) is 2.87. The molecule has 3 rings (SSSR count). The highest BCUT2D eigenvalue weighted by molar-refractivity contribution is 6.13. The van der Waals surface area contributed by atoms with Gasteiger partial charge in [0, 0.05) is 23.1 Å². The standard InChI is InChI=1S/C28H27NO4/c1-20-12-10-11-17-23(20)18-24(27(30)32-2)19-25(28(31)33-3)29-26(21-13-6-4-7-14-21)22-15-8-5-9-16-22/h4-18,25H,19H2,1-3H3/b24-18+. The van der Waals surface area contributed by atoms with Gasteiger partial charge < -0.3 is 9.47 Å². The maximum atomic E-state index is 12.8. The van der Waals surface area contributed by atoms with Crippen molar-refractivity contribution in [1.82, 2.24) is 0 Å². The van der Waals surface area contributed by atoms with E-state index in [4.69, 9.17) is 14.5 Å². The first kappa shape index (κ1) is 23.7. The molecule has 33 heavy (non-hydrogen) atoms. The second kappa shape index (κ2) is 11.6. The van der Waals surface area contributed by atoms with Crippen molar-refractivity contribution < 1.29 is 19.1 Å². The molecule has 0 amide bonds. The van der Waals surface area contributed by atoms with E-state index in [1.54, 1.807) is 6.08 Å². The predicted molar refractivity (Wildman–Crippen MR) is 130 cm³/mol. The zero-order valence-electron chi connectivity index (χ0n) is 19.0. The molecular formula is C28H27NO4. The molecule has 0 fully saturated rings. The molecule has 3 aromatic rings. The van der Waals surface area contributed by atoms with E-state index in [1.807, 2.05) is 91.9 Å². The monoisotopic (exact) mass is 441 g/mol. The summed E-state index contributed by atoms with van der Waals surface area (Å²) in [5.74, 6) is -1.04. The molecule has 0 aromatic heterocycles. The Bertz CT molecular complexity index is 1110. The number of carbonyl (C=O) groups is 2. The van der Waals surface area contributed by atoms with Gasteiger partial charge in [0.05, 0.1) is 19.9 Å². The van der Waals surface area contributed by atoms with Crippen molar-refractivity contribution in [2.75, 3.05) is 14.2 Å². The van der Waals surface area contributed by atoms with E-state index >= 15 is 0 Å². The third-order valence-corrected chi connectivity index (χ3v) is 5.23. The van der Waals surface area contributed by atoms with Crippen molar-refractivity contribution in [3.63, 3.8) is 0 Å². The summed E-state index contributed by atoms with van der Waals surface area (Å²) in [6.07, 6.45) is 1.79. The van der Waals surface area contributed by atoms with Gasteiger partial charge in [-0.2, -0.15) is 0 Å². The van der Waals surface area contributed by atoms with Crippen LogP contribution >= 0.6 is 0 Å². The number of hydrogen-bond donors (Lipinski definition) is 0. The van der Waals surface area contributed by atoms with Crippen LogP contribution in [0.1, 0.15) is 28.7 Å². The molecule has 0 radical (unpaired) electrons. The van der Waals surface area contributed by atoms with Crippen LogP contribution in [0, 0.1) is 6.92 Å². The molecule has 0 aliphatic carbocycles. The smallest absolute Gasteiger partial charge is 0.333 e. The number of rotatable bonds is 8. The molecule has 0 aliphatic heterocycles. The van der Waals surface area contributed by atoms with E-state index in [0.717, 1.165) is 22.3 Å². The Kier molecular flexibility index (Phi) is 8.30. The van der Waals surface area contributed by atoms with Gasteiger partial charge in [0.1, 0.15) is 0 Å². The topological polar surface area (TPSA) is 65.0 Å². The van der Waals surface area contributed by atoms with Gasteiger partial charge in [-0.05, 0) is 24.1 Å². The van der Waals surface area contributed by atoms with Crippen LogP contribution in [0.25, 0.3) is 6.08 Å². The quantitative estimate of drug-likeness (QED) is 0.280. The highest BCUT2D eigenvalue weighted by atomic mass is 16.5. The Morgan fingerprint density at radius 3 is 1.88 bits per heavy atom. The van der Waals surface area contributed by atoms with E-state index in [1.165, 1.54) is 14.2 Å². The van der Waals surface area contributed by atoms with Gasteiger partial charge in [-0.3, -0.25) is 4.99 Å². The normalized spacial score (nSPS) is 11.9. The highest BCUT2D eigenvalue weighted by Gasteiger charge is 2.25. The number of methoxy groups -OCH3 is 2. The summed E-state index contributed by atoms with van der Waals surface area (Å²) in [5, 5.41) is 0. The van der Waals surface area contributed by atoms with Gasteiger partial charge in [-0.15, -0.1) is 0 Å². The summed E-state index contributed by atoms with van der Waals surface area (Å²) >= 11 is 0. The molecule has 0 saturated carbocycles. The van der Waals surface area contributed by atoms with Crippen molar-refractivity contribution in [1.29, 1.82) is 0 Å². The minimum Gasteiger partial charge on any atom is -0.467 e. The molecule has 0 N–H and O–H groups in total. The van der Waals surface area contributed by atoms with Crippen molar-refractivity contribution in [3.8, 4) is 0 Å². The first-order valence-corrected chi connectivity index (χ1v) is 10.6. The van der Waals surface area contributed by atoms with Gasteiger partial charge in [-0.25, -0.2) is 9.59 Å².